The van der Waals surface area contributed by atoms with E-state index < -0.39 is 16.6 Å². The van der Waals surface area contributed by atoms with E-state index in [1.54, 1.807) is 30.5 Å². The third-order valence-electron chi connectivity index (χ3n) is 6.13. The average molecular weight is 563 g/mol. The monoisotopic (exact) mass is 562 g/mol. The zero-order valence-electron chi connectivity index (χ0n) is 20.5. The number of nitrogens with zero attached hydrogens (tertiary/aromatic N) is 3. The van der Waals surface area contributed by atoms with Crippen molar-refractivity contribution in [1.29, 1.82) is 0 Å². The van der Waals surface area contributed by atoms with E-state index in [1.165, 1.54) is 44.4 Å². The summed E-state index contributed by atoms with van der Waals surface area (Å²) >= 11 is 0. The Kier molecular flexibility index (Phi) is 7.94. The molecule has 0 fully saturated rings. The Morgan fingerprint density at radius 3 is 2.62 bits per heavy atom. The fourth-order valence-electron chi connectivity index (χ4n) is 4.44. The van der Waals surface area contributed by atoms with Gasteiger partial charge in [0.25, 0.3) is 11.2 Å². The maximum atomic E-state index is 13.5. The summed E-state index contributed by atoms with van der Waals surface area (Å²) in [6.45, 7) is 0.655. The van der Waals surface area contributed by atoms with Crippen molar-refractivity contribution < 1.29 is 19.2 Å². The molecule has 0 unspecified atom stereocenters. The molecule has 0 radical (unpaired) electrons. The molecule has 2 aromatic carbocycles. The first-order valence-corrected chi connectivity index (χ1v) is 14.4. The van der Waals surface area contributed by atoms with Crippen molar-refractivity contribution in [3.8, 4) is 11.3 Å². The molecule has 1 aliphatic carbocycles. The molecule has 2 aromatic heterocycles. The second-order valence-electron chi connectivity index (χ2n) is 8.53. The highest BCUT2D eigenvalue weighted by Crippen LogP contribution is 2.39. The van der Waals surface area contributed by atoms with E-state index >= 15 is 0 Å². The molecular formula is C27H22N4O6S2. The standard InChI is InChI=1S/C27H22N4O6S2/c32-25-20-7-2-1-6-19(20)24-23(25)18-10-9-17(31(35)36)16-21(18)26(33)30(24)13-5-12-29-27(34)37-14-15-38-39-22-8-3-4-11-28-22/h1-4,6-11,16H,5,12-15H2,(H,29,34). The molecule has 5 rings (SSSR count). The van der Waals surface area contributed by atoms with Gasteiger partial charge in [0.15, 0.2) is 5.78 Å². The van der Waals surface area contributed by atoms with E-state index in [9.17, 15) is 24.5 Å². The first kappa shape index (κ1) is 26.4. The van der Waals surface area contributed by atoms with Gasteiger partial charge >= 0.3 is 6.09 Å². The number of alkyl carbamates (subject to hydrolysis) is 1. The summed E-state index contributed by atoms with van der Waals surface area (Å²) in [5.41, 5.74) is 1.31. The molecule has 0 spiro atoms. The van der Waals surface area contributed by atoms with E-state index in [1.807, 2.05) is 18.2 Å². The molecule has 0 saturated carbocycles. The zero-order valence-corrected chi connectivity index (χ0v) is 22.1. The van der Waals surface area contributed by atoms with Crippen LogP contribution in [-0.2, 0) is 11.3 Å². The van der Waals surface area contributed by atoms with Crippen molar-refractivity contribution in [2.75, 3.05) is 18.9 Å². The maximum Gasteiger partial charge on any atom is 0.407 e. The third-order valence-corrected chi connectivity index (χ3v) is 8.36. The Morgan fingerprint density at radius 2 is 1.85 bits per heavy atom. The maximum absolute atomic E-state index is 13.5. The summed E-state index contributed by atoms with van der Waals surface area (Å²) in [7, 11) is 3.03. The first-order valence-electron chi connectivity index (χ1n) is 12.1. The second kappa shape index (κ2) is 11.7. The number of ether oxygens (including phenoxy) is 1. The Hall–Kier alpha value is -4.16. The first-order chi connectivity index (χ1) is 19.0. The van der Waals surface area contributed by atoms with Crippen LogP contribution in [0.2, 0.25) is 0 Å². The van der Waals surface area contributed by atoms with Gasteiger partial charge in [-0.25, -0.2) is 9.78 Å². The number of nitrogens with one attached hydrogen (secondary N) is 1. The second-order valence-corrected chi connectivity index (χ2v) is 11.0. The molecule has 1 N–H and O–H groups in total. The van der Waals surface area contributed by atoms with Crippen LogP contribution in [0.4, 0.5) is 10.5 Å². The lowest BCUT2D eigenvalue weighted by Crippen LogP contribution is -2.29. The SMILES string of the molecule is O=C(NCCCn1c2c(c3ccc([N+](=O)[O-])cc3c1=O)C(=O)c1ccccc1-2)OCCSSc1ccccn1. The molecule has 39 heavy (non-hydrogen) atoms. The quantitative estimate of drug-likeness (QED) is 0.107. The molecule has 1 amide bonds. The number of pyridine rings is 2. The van der Waals surface area contributed by atoms with Crippen molar-refractivity contribution in [2.24, 2.45) is 0 Å². The Labute approximate surface area is 230 Å². The zero-order chi connectivity index (χ0) is 27.4. The molecule has 4 aromatic rings. The number of nitro benzene ring substituents is 1. The predicted molar refractivity (Wildman–Crippen MR) is 150 cm³/mol. The van der Waals surface area contributed by atoms with E-state index in [-0.39, 0.29) is 36.6 Å². The number of hydrogen-bond donors (Lipinski definition) is 1. The topological polar surface area (TPSA) is 133 Å². The van der Waals surface area contributed by atoms with Gasteiger partial charge in [-0.3, -0.25) is 19.7 Å². The van der Waals surface area contributed by atoms with Crippen LogP contribution < -0.4 is 10.9 Å². The van der Waals surface area contributed by atoms with Gasteiger partial charge in [-0.15, -0.1) is 0 Å². The van der Waals surface area contributed by atoms with Crippen LogP contribution in [0.3, 0.4) is 0 Å². The van der Waals surface area contributed by atoms with Crippen molar-refractivity contribution in [3.05, 3.63) is 98.5 Å². The van der Waals surface area contributed by atoms with E-state index in [0.29, 0.717) is 39.9 Å². The normalized spacial score (nSPS) is 11.7. The lowest BCUT2D eigenvalue weighted by molar-refractivity contribution is -0.384. The van der Waals surface area contributed by atoms with Gasteiger partial charge in [0.1, 0.15) is 11.6 Å². The number of ketones is 1. The van der Waals surface area contributed by atoms with Gasteiger partial charge in [-0.1, -0.05) is 41.1 Å². The lowest BCUT2D eigenvalue weighted by atomic mass is 10.0. The number of rotatable bonds is 10. The highest BCUT2D eigenvalue weighted by Gasteiger charge is 2.32. The van der Waals surface area contributed by atoms with Crippen molar-refractivity contribution in [1.82, 2.24) is 14.9 Å². The molecule has 2 heterocycles. The molecule has 198 valence electrons. The van der Waals surface area contributed by atoms with Crippen LogP contribution in [0, 0.1) is 10.1 Å². The minimum atomic E-state index is -0.571. The molecule has 0 saturated heterocycles. The molecule has 1 aliphatic rings. The number of carbonyl (C=O) groups excluding carboxylic acids is 2. The largest absolute Gasteiger partial charge is 0.449 e. The average Bonchev–Trinajstić information content (AvgIpc) is 3.25. The van der Waals surface area contributed by atoms with Crippen molar-refractivity contribution in [3.63, 3.8) is 0 Å². The summed E-state index contributed by atoms with van der Waals surface area (Å²) in [4.78, 5) is 53.9. The van der Waals surface area contributed by atoms with Crippen LogP contribution in [-0.4, -0.2) is 45.3 Å². The molecule has 10 nitrogen and oxygen atoms in total. The molecule has 0 bridgehead atoms. The predicted octanol–water partition coefficient (Wildman–Crippen LogP) is 5.07. The van der Waals surface area contributed by atoms with Crippen LogP contribution in [0.1, 0.15) is 22.3 Å². The number of carbonyl (C=O) groups is 2. The Morgan fingerprint density at radius 1 is 1.05 bits per heavy atom. The highest BCUT2D eigenvalue weighted by molar-refractivity contribution is 8.76. The summed E-state index contributed by atoms with van der Waals surface area (Å²) in [6.07, 6.45) is 1.53. The molecular weight excluding hydrogens is 540 g/mol. The van der Waals surface area contributed by atoms with E-state index in [2.05, 4.69) is 10.3 Å². The van der Waals surface area contributed by atoms with Gasteiger partial charge < -0.3 is 14.6 Å². The summed E-state index contributed by atoms with van der Waals surface area (Å²) < 4.78 is 6.68. The lowest BCUT2D eigenvalue weighted by Gasteiger charge is -2.15. The molecule has 0 atom stereocenters. The fraction of sp³-hybridized carbons (Fsp3) is 0.185. The number of non-ortho nitro benzene ring substituents is 1. The number of nitro groups is 1. The van der Waals surface area contributed by atoms with Gasteiger partial charge in [-0.05, 0) is 35.4 Å². The Balaban J connectivity index is 1.26. The van der Waals surface area contributed by atoms with Crippen molar-refractivity contribution >= 4 is 49.9 Å². The molecule has 12 heteroatoms. The van der Waals surface area contributed by atoms with Gasteiger partial charge in [0.2, 0.25) is 0 Å². The minimum Gasteiger partial charge on any atom is -0.449 e. The van der Waals surface area contributed by atoms with Crippen LogP contribution in [0.5, 0.6) is 0 Å². The van der Waals surface area contributed by atoms with Gasteiger partial charge in [0, 0.05) is 53.7 Å². The van der Waals surface area contributed by atoms with Crippen LogP contribution in [0.15, 0.2) is 76.7 Å². The number of benzene rings is 2. The van der Waals surface area contributed by atoms with Crippen LogP contribution >= 0.6 is 21.6 Å². The minimum absolute atomic E-state index is 0.109. The summed E-state index contributed by atoms with van der Waals surface area (Å²) in [6, 6.07) is 16.7. The molecule has 0 aliphatic heterocycles. The van der Waals surface area contributed by atoms with Crippen molar-refractivity contribution in [2.45, 2.75) is 18.0 Å². The summed E-state index contributed by atoms with van der Waals surface area (Å²) in [5.74, 6) is 0.362. The van der Waals surface area contributed by atoms with Gasteiger partial charge in [-0.2, -0.15) is 0 Å². The van der Waals surface area contributed by atoms with E-state index in [0.717, 1.165) is 5.03 Å². The Bertz CT molecular complexity index is 1640. The number of amides is 1. The van der Waals surface area contributed by atoms with Gasteiger partial charge in [0.05, 0.1) is 21.6 Å². The van der Waals surface area contributed by atoms with E-state index in [4.69, 9.17) is 4.74 Å². The highest BCUT2D eigenvalue weighted by atomic mass is 33.1. The number of hydrogen-bond acceptors (Lipinski definition) is 9. The third kappa shape index (κ3) is 5.52. The number of aromatic nitrogens is 2. The fourth-order valence-corrected chi connectivity index (χ4v) is 6.15. The smallest absolute Gasteiger partial charge is 0.407 e. The number of fused-ring (bicyclic) bond motifs is 5. The van der Waals surface area contributed by atoms with Crippen LogP contribution in [0.25, 0.3) is 22.0 Å². The summed E-state index contributed by atoms with van der Waals surface area (Å²) in [5, 5.41) is 15.4.